The predicted octanol–water partition coefficient (Wildman–Crippen LogP) is 5.93. The number of fused-ring (bicyclic) bond motifs is 1. The second-order valence-corrected chi connectivity index (χ2v) is 7.61. The molecule has 1 aliphatic rings. The first-order valence-electron chi connectivity index (χ1n) is 7.65. The van der Waals surface area contributed by atoms with Gasteiger partial charge in [-0.1, -0.05) is 24.3 Å². The van der Waals surface area contributed by atoms with E-state index in [1.807, 2.05) is 5.38 Å². The van der Waals surface area contributed by atoms with Crippen molar-refractivity contribution in [2.45, 2.75) is 12.3 Å². The van der Waals surface area contributed by atoms with Crippen LogP contribution in [-0.4, -0.2) is 5.91 Å². The van der Waals surface area contributed by atoms with Crippen LogP contribution in [0, 0.1) is 11.6 Å². The number of amides is 1. The number of hydrogen-bond donors (Lipinski definition) is 1. The number of thiophene rings is 1. The maximum absolute atomic E-state index is 14.2. The van der Waals surface area contributed by atoms with Gasteiger partial charge in [0.2, 0.25) is 5.91 Å². The summed E-state index contributed by atoms with van der Waals surface area (Å²) < 4.78 is 28.1. The molecule has 126 valence electrons. The number of anilines is 1. The normalized spacial score (nSPS) is 16.4. The first-order valence-corrected chi connectivity index (χ1v) is 9.33. The molecule has 6 heteroatoms. The molecule has 1 amide bonds. The molecule has 2 heterocycles. The molecule has 3 aromatic rings. The van der Waals surface area contributed by atoms with E-state index in [0.29, 0.717) is 21.3 Å². The summed E-state index contributed by atoms with van der Waals surface area (Å²) in [6.07, 6.45) is 0.280. The van der Waals surface area contributed by atoms with E-state index >= 15 is 0 Å². The highest BCUT2D eigenvalue weighted by Crippen LogP contribution is 2.47. The van der Waals surface area contributed by atoms with Crippen LogP contribution >= 0.6 is 27.3 Å². The van der Waals surface area contributed by atoms with E-state index < -0.39 is 0 Å². The highest BCUT2D eigenvalue weighted by atomic mass is 79.9. The Bertz CT molecular complexity index is 985. The fourth-order valence-corrected chi connectivity index (χ4v) is 4.65. The molecule has 0 saturated heterocycles. The Balaban J connectivity index is 1.84. The van der Waals surface area contributed by atoms with Crippen molar-refractivity contribution in [3.63, 3.8) is 0 Å². The Kier molecular flexibility index (Phi) is 4.17. The van der Waals surface area contributed by atoms with E-state index in [1.165, 1.54) is 23.5 Å². The average Bonchev–Trinajstić information content (AvgIpc) is 3.00. The summed E-state index contributed by atoms with van der Waals surface area (Å²) in [7, 11) is 0. The van der Waals surface area contributed by atoms with Crippen LogP contribution in [0.2, 0.25) is 0 Å². The van der Waals surface area contributed by atoms with E-state index in [9.17, 15) is 13.6 Å². The van der Waals surface area contributed by atoms with Gasteiger partial charge in [-0.2, -0.15) is 0 Å². The summed E-state index contributed by atoms with van der Waals surface area (Å²) >= 11 is 4.68. The van der Waals surface area contributed by atoms with Crippen LogP contribution in [0.1, 0.15) is 22.8 Å². The Morgan fingerprint density at radius 2 is 1.88 bits per heavy atom. The van der Waals surface area contributed by atoms with Crippen LogP contribution in [0.4, 0.5) is 14.5 Å². The Hall–Kier alpha value is -2.05. The molecule has 0 spiro atoms. The van der Waals surface area contributed by atoms with E-state index in [4.69, 9.17) is 0 Å². The number of carbonyl (C=O) groups excluding carboxylic acids is 1. The van der Waals surface area contributed by atoms with Gasteiger partial charge in [0, 0.05) is 33.7 Å². The van der Waals surface area contributed by atoms with Gasteiger partial charge >= 0.3 is 0 Å². The Morgan fingerprint density at radius 3 is 2.64 bits per heavy atom. The maximum atomic E-state index is 14.2. The molecule has 0 aliphatic carbocycles. The molecule has 0 unspecified atom stereocenters. The molecule has 2 nitrogen and oxygen atoms in total. The van der Waals surface area contributed by atoms with Gasteiger partial charge < -0.3 is 5.32 Å². The fraction of sp³-hybridized carbons (Fsp3) is 0.105. The minimum atomic E-state index is -0.345. The van der Waals surface area contributed by atoms with Gasteiger partial charge in [0.15, 0.2) is 0 Å². The lowest BCUT2D eigenvalue weighted by atomic mass is 9.89. The van der Waals surface area contributed by atoms with Crippen molar-refractivity contribution in [1.82, 2.24) is 0 Å². The van der Waals surface area contributed by atoms with Crippen molar-refractivity contribution in [2.24, 2.45) is 0 Å². The highest BCUT2D eigenvalue weighted by Gasteiger charge is 2.31. The van der Waals surface area contributed by atoms with Gasteiger partial charge in [0.05, 0.1) is 10.2 Å². The number of carbonyl (C=O) groups is 1. The number of rotatable bonds is 2. The summed E-state index contributed by atoms with van der Waals surface area (Å²) in [5.41, 5.74) is 2.64. The largest absolute Gasteiger partial charge is 0.325 e. The zero-order valence-corrected chi connectivity index (χ0v) is 15.3. The second-order valence-electron chi connectivity index (χ2n) is 5.85. The summed E-state index contributed by atoms with van der Waals surface area (Å²) in [6, 6.07) is 11.3. The van der Waals surface area contributed by atoms with Crippen LogP contribution in [0.5, 0.6) is 0 Å². The number of hydrogen-bond acceptors (Lipinski definition) is 2. The van der Waals surface area contributed by atoms with E-state index in [-0.39, 0.29) is 29.9 Å². The van der Waals surface area contributed by atoms with Gasteiger partial charge in [0.1, 0.15) is 11.6 Å². The second kappa shape index (κ2) is 6.35. The maximum Gasteiger partial charge on any atom is 0.225 e. The SMILES string of the molecule is O=C1C[C@H](c2ccc(F)c(Br)c2)c2scc(-c3ccccc3F)c2N1. The lowest BCUT2D eigenvalue weighted by molar-refractivity contribution is -0.116. The van der Waals surface area contributed by atoms with Gasteiger partial charge in [-0.15, -0.1) is 11.3 Å². The summed E-state index contributed by atoms with van der Waals surface area (Å²) in [6.45, 7) is 0. The Labute approximate surface area is 155 Å². The third-order valence-electron chi connectivity index (χ3n) is 4.30. The van der Waals surface area contributed by atoms with Crippen LogP contribution in [0.15, 0.2) is 52.3 Å². The molecule has 1 N–H and O–H groups in total. The molecule has 4 rings (SSSR count). The average molecular weight is 420 g/mol. The van der Waals surface area contributed by atoms with Crippen LogP contribution in [0.3, 0.4) is 0 Å². The zero-order chi connectivity index (χ0) is 17.6. The number of halogens is 3. The van der Waals surface area contributed by atoms with Crippen LogP contribution in [-0.2, 0) is 4.79 Å². The first kappa shape index (κ1) is 16.4. The smallest absolute Gasteiger partial charge is 0.225 e. The van der Waals surface area contributed by atoms with Gasteiger partial charge in [-0.05, 0) is 39.7 Å². The molecule has 0 fully saturated rings. The van der Waals surface area contributed by atoms with E-state index in [1.54, 1.807) is 30.3 Å². The molecule has 0 radical (unpaired) electrons. The zero-order valence-electron chi connectivity index (χ0n) is 12.9. The van der Waals surface area contributed by atoms with Crippen molar-refractivity contribution in [2.75, 3.05) is 5.32 Å². The quantitative estimate of drug-likeness (QED) is 0.547. The molecule has 1 aromatic heterocycles. The molecule has 0 saturated carbocycles. The van der Waals surface area contributed by atoms with Gasteiger partial charge in [-0.25, -0.2) is 8.78 Å². The third kappa shape index (κ3) is 2.89. The predicted molar refractivity (Wildman–Crippen MR) is 98.9 cm³/mol. The third-order valence-corrected chi connectivity index (χ3v) is 6.00. The van der Waals surface area contributed by atoms with Crippen LogP contribution < -0.4 is 5.32 Å². The summed E-state index contributed by atoms with van der Waals surface area (Å²) in [4.78, 5) is 13.2. The molecule has 25 heavy (non-hydrogen) atoms. The van der Waals surface area contributed by atoms with E-state index in [0.717, 1.165) is 10.4 Å². The topological polar surface area (TPSA) is 29.1 Å². The molecule has 2 aromatic carbocycles. The molecule has 0 bridgehead atoms. The minimum absolute atomic E-state index is 0.131. The summed E-state index contributed by atoms with van der Waals surface area (Å²) in [5, 5.41) is 4.74. The van der Waals surface area contributed by atoms with Gasteiger partial charge in [-0.3, -0.25) is 4.79 Å². The minimum Gasteiger partial charge on any atom is -0.325 e. The van der Waals surface area contributed by atoms with Crippen molar-refractivity contribution in [3.05, 3.63) is 74.4 Å². The van der Waals surface area contributed by atoms with Crippen molar-refractivity contribution in [1.29, 1.82) is 0 Å². The summed E-state index contributed by atoms with van der Waals surface area (Å²) in [5.74, 6) is -0.980. The number of nitrogens with one attached hydrogen (secondary N) is 1. The molecular formula is C19H12BrF2NOS. The standard InChI is InChI=1S/C19H12BrF2NOS/c20-14-7-10(5-6-16(14)22)12-8-17(24)23-18-13(9-25-19(12)18)11-3-1-2-4-15(11)21/h1-7,9,12H,8H2,(H,23,24)/t12-/m1/s1. The molecular weight excluding hydrogens is 408 g/mol. The lowest BCUT2D eigenvalue weighted by Gasteiger charge is -2.24. The number of benzene rings is 2. The van der Waals surface area contributed by atoms with Crippen molar-refractivity contribution in [3.8, 4) is 11.1 Å². The van der Waals surface area contributed by atoms with Crippen LogP contribution in [0.25, 0.3) is 11.1 Å². The highest BCUT2D eigenvalue weighted by molar-refractivity contribution is 9.10. The lowest BCUT2D eigenvalue weighted by Crippen LogP contribution is -2.22. The van der Waals surface area contributed by atoms with Crippen molar-refractivity contribution >= 4 is 38.9 Å². The fourth-order valence-electron chi connectivity index (χ4n) is 3.10. The van der Waals surface area contributed by atoms with Gasteiger partial charge in [0.25, 0.3) is 0 Å². The monoisotopic (exact) mass is 419 g/mol. The van der Waals surface area contributed by atoms with Crippen molar-refractivity contribution < 1.29 is 13.6 Å². The molecule has 1 atom stereocenters. The molecule has 1 aliphatic heterocycles. The first-order chi connectivity index (χ1) is 12.0. The van der Waals surface area contributed by atoms with E-state index in [2.05, 4.69) is 21.2 Å². The Morgan fingerprint density at radius 1 is 1.08 bits per heavy atom.